The fourth-order valence-corrected chi connectivity index (χ4v) is 4.91. The third-order valence-corrected chi connectivity index (χ3v) is 7.05. The Balaban J connectivity index is 1.73. The van der Waals surface area contributed by atoms with Gasteiger partial charge in [0, 0.05) is 5.39 Å². The predicted octanol–water partition coefficient (Wildman–Crippen LogP) is 3.86. The molecule has 3 aromatic rings. The lowest BCUT2D eigenvalue weighted by Crippen LogP contribution is -2.30. The summed E-state index contributed by atoms with van der Waals surface area (Å²) >= 11 is 6.10. The number of hydrogen-bond donors (Lipinski definition) is 2. The van der Waals surface area contributed by atoms with E-state index in [0.29, 0.717) is 5.39 Å². The summed E-state index contributed by atoms with van der Waals surface area (Å²) in [5, 5.41) is 13.5. The third-order valence-electron chi connectivity index (χ3n) is 4.94. The Morgan fingerprint density at radius 3 is 2.38 bits per heavy atom. The summed E-state index contributed by atoms with van der Waals surface area (Å²) in [7, 11) is -9.26. The summed E-state index contributed by atoms with van der Waals surface area (Å²) in [6.07, 6.45) is 0. The van der Waals surface area contributed by atoms with Crippen molar-refractivity contribution in [2.75, 3.05) is 5.01 Å². The molecule has 2 N–H and O–H groups in total. The number of benzene rings is 3. The molecule has 0 saturated heterocycles. The van der Waals surface area contributed by atoms with E-state index in [-0.39, 0.29) is 27.5 Å². The Morgan fingerprint density at radius 1 is 1.00 bits per heavy atom. The van der Waals surface area contributed by atoms with Crippen LogP contribution < -0.4 is 5.01 Å². The van der Waals surface area contributed by atoms with E-state index >= 15 is 0 Å². The topological polar surface area (TPSA) is 166 Å². The molecule has 1 atom stereocenters. The number of fused-ring (bicyclic) bond motifs is 1. The van der Waals surface area contributed by atoms with E-state index in [1.54, 1.807) is 24.3 Å². The zero-order chi connectivity index (χ0) is 24.8. The summed E-state index contributed by atoms with van der Waals surface area (Å²) in [6, 6.07) is 11.3. The zero-order valence-electron chi connectivity index (χ0n) is 17.2. The van der Waals surface area contributed by atoms with Crippen molar-refractivity contribution >= 4 is 65.6 Å². The summed E-state index contributed by atoms with van der Waals surface area (Å²) < 4.78 is 66.1. The van der Waals surface area contributed by atoms with Crippen molar-refractivity contribution in [3.63, 3.8) is 0 Å². The number of carbonyl (C=O) groups excluding carboxylic acids is 1. The van der Waals surface area contributed by atoms with E-state index in [1.807, 2.05) is 0 Å². The summed E-state index contributed by atoms with van der Waals surface area (Å²) in [5.74, 6) is -0.746. The lowest BCUT2D eigenvalue weighted by molar-refractivity contribution is -0.117. The number of rotatable bonds is 5. The minimum Gasteiger partial charge on any atom is -0.282 e. The third kappa shape index (κ3) is 4.43. The van der Waals surface area contributed by atoms with Crippen molar-refractivity contribution in [2.45, 2.75) is 22.8 Å². The molecule has 0 spiro atoms. The molecule has 34 heavy (non-hydrogen) atoms. The maximum Gasteiger partial charge on any atom is 0.297 e. The average molecular weight is 523 g/mol. The van der Waals surface area contributed by atoms with Gasteiger partial charge in [-0.1, -0.05) is 41.9 Å². The number of hydrazone groups is 1. The minimum atomic E-state index is -4.69. The van der Waals surface area contributed by atoms with Crippen molar-refractivity contribution < 1.29 is 30.7 Å². The second-order valence-electron chi connectivity index (χ2n) is 7.21. The molecular formula is C20H15ClN4O7S2. The highest BCUT2D eigenvalue weighted by molar-refractivity contribution is 7.86. The molecule has 176 valence electrons. The van der Waals surface area contributed by atoms with Crippen molar-refractivity contribution in [3.8, 4) is 0 Å². The zero-order valence-corrected chi connectivity index (χ0v) is 19.6. The first-order valence-electron chi connectivity index (χ1n) is 9.44. The monoisotopic (exact) mass is 522 g/mol. The van der Waals surface area contributed by atoms with Crippen LogP contribution in [0.5, 0.6) is 0 Å². The average Bonchev–Trinajstić information content (AvgIpc) is 3.03. The van der Waals surface area contributed by atoms with Crippen molar-refractivity contribution in [1.82, 2.24) is 0 Å². The highest BCUT2D eigenvalue weighted by Gasteiger charge is 2.36. The maximum absolute atomic E-state index is 13.0. The van der Waals surface area contributed by atoms with Gasteiger partial charge in [-0.15, -0.1) is 0 Å². The van der Waals surface area contributed by atoms with E-state index in [1.165, 1.54) is 25.1 Å². The van der Waals surface area contributed by atoms with Crippen LogP contribution in [0.25, 0.3) is 10.8 Å². The van der Waals surface area contributed by atoms with E-state index in [0.717, 1.165) is 17.1 Å². The number of carbonyl (C=O) groups is 1. The Kier molecular flexibility index (Phi) is 5.99. The molecule has 1 aliphatic rings. The summed E-state index contributed by atoms with van der Waals surface area (Å²) in [6.45, 7) is 1.46. The quantitative estimate of drug-likeness (QED) is 0.379. The van der Waals surface area contributed by atoms with Gasteiger partial charge in [-0.2, -0.15) is 37.2 Å². The second-order valence-corrected chi connectivity index (χ2v) is 10.4. The smallest absolute Gasteiger partial charge is 0.282 e. The van der Waals surface area contributed by atoms with E-state index in [4.69, 9.17) is 11.6 Å². The standard InChI is InChI=1S/C20H15ClN4O7S2/c1-11-18(20(26)25(24-11)17-10-13(33(27,28)29)7-8-15(17)21)23-22-16-9-6-12-4-2-3-5-14(12)19(16)34(30,31)32/h2-10,18H,1H3,(H,27,28,29)(H,30,31,32)/t18-/m0/s1. The van der Waals surface area contributed by atoms with Gasteiger partial charge < -0.3 is 0 Å². The molecule has 4 rings (SSSR count). The van der Waals surface area contributed by atoms with Gasteiger partial charge in [0.15, 0.2) is 6.04 Å². The number of hydrogen-bond acceptors (Lipinski definition) is 8. The predicted molar refractivity (Wildman–Crippen MR) is 124 cm³/mol. The van der Waals surface area contributed by atoms with Gasteiger partial charge in [-0.05, 0) is 36.6 Å². The molecule has 1 heterocycles. The van der Waals surface area contributed by atoms with Crippen LogP contribution in [-0.2, 0) is 25.0 Å². The van der Waals surface area contributed by atoms with Crippen molar-refractivity contribution in [2.24, 2.45) is 15.3 Å². The largest absolute Gasteiger partial charge is 0.297 e. The lowest BCUT2D eigenvalue weighted by Gasteiger charge is -2.15. The van der Waals surface area contributed by atoms with Crippen LogP contribution >= 0.6 is 11.6 Å². The van der Waals surface area contributed by atoms with Crippen LogP contribution in [0.3, 0.4) is 0 Å². The highest BCUT2D eigenvalue weighted by Crippen LogP contribution is 2.35. The molecule has 0 aromatic heterocycles. The van der Waals surface area contributed by atoms with Gasteiger partial charge in [0.1, 0.15) is 10.6 Å². The molecule has 3 aromatic carbocycles. The SMILES string of the molecule is CC1=NN(c2cc(S(=O)(=O)O)ccc2Cl)C(=O)[C@H]1N=Nc1ccc2ccccc2c1S(=O)(=O)O. The van der Waals surface area contributed by atoms with Crippen LogP contribution in [0.2, 0.25) is 5.02 Å². The van der Waals surface area contributed by atoms with Crippen LogP contribution in [-0.4, -0.2) is 43.6 Å². The highest BCUT2D eigenvalue weighted by atomic mass is 35.5. The van der Waals surface area contributed by atoms with Gasteiger partial charge in [-0.3, -0.25) is 13.9 Å². The van der Waals surface area contributed by atoms with E-state index in [2.05, 4.69) is 15.3 Å². The number of amides is 1. The molecule has 0 radical (unpaired) electrons. The van der Waals surface area contributed by atoms with E-state index in [9.17, 15) is 30.7 Å². The Hall–Kier alpha value is -3.23. The number of anilines is 1. The molecule has 14 heteroatoms. The first kappa shape index (κ1) is 23.9. The number of azo groups is 1. The Bertz CT molecular complexity index is 1620. The lowest BCUT2D eigenvalue weighted by atomic mass is 10.1. The fourth-order valence-electron chi connectivity index (χ4n) is 3.38. The van der Waals surface area contributed by atoms with Crippen LogP contribution in [0, 0.1) is 0 Å². The van der Waals surface area contributed by atoms with Gasteiger partial charge in [0.2, 0.25) is 0 Å². The van der Waals surface area contributed by atoms with Crippen LogP contribution in [0.15, 0.2) is 79.7 Å². The second kappa shape index (κ2) is 8.52. The van der Waals surface area contributed by atoms with Gasteiger partial charge in [0.25, 0.3) is 26.1 Å². The summed E-state index contributed by atoms with van der Waals surface area (Å²) in [5.41, 5.74) is -0.133. The van der Waals surface area contributed by atoms with Gasteiger partial charge >= 0.3 is 0 Å². The fraction of sp³-hybridized carbons (Fsp3) is 0.100. The van der Waals surface area contributed by atoms with Crippen molar-refractivity contribution in [1.29, 1.82) is 0 Å². The minimum absolute atomic E-state index is 0.0157. The molecule has 1 aliphatic heterocycles. The molecule has 0 fully saturated rings. The molecule has 0 unspecified atom stereocenters. The Labute approximate surface area is 198 Å². The number of nitrogens with zero attached hydrogens (tertiary/aromatic N) is 4. The summed E-state index contributed by atoms with van der Waals surface area (Å²) in [4.78, 5) is 12.0. The van der Waals surface area contributed by atoms with Crippen LogP contribution in [0.1, 0.15) is 6.92 Å². The number of halogens is 1. The molecule has 0 saturated carbocycles. The molecule has 0 bridgehead atoms. The van der Waals surface area contributed by atoms with Gasteiger partial charge in [-0.25, -0.2) is 0 Å². The first-order chi connectivity index (χ1) is 15.9. The molecular weight excluding hydrogens is 508 g/mol. The maximum atomic E-state index is 13.0. The first-order valence-corrected chi connectivity index (χ1v) is 12.7. The van der Waals surface area contributed by atoms with Crippen LogP contribution in [0.4, 0.5) is 11.4 Å². The Morgan fingerprint density at radius 2 is 1.71 bits per heavy atom. The van der Waals surface area contributed by atoms with Crippen molar-refractivity contribution in [3.05, 3.63) is 59.6 Å². The molecule has 11 nitrogen and oxygen atoms in total. The molecule has 1 amide bonds. The van der Waals surface area contributed by atoms with Gasteiger partial charge in [0.05, 0.1) is 21.3 Å². The molecule has 0 aliphatic carbocycles. The van der Waals surface area contributed by atoms with E-state index < -0.39 is 42.0 Å². The normalized spacial score (nSPS) is 17.1.